The second-order valence-electron chi connectivity index (χ2n) is 4.74. The first-order valence-corrected chi connectivity index (χ1v) is 9.78. The molecule has 0 aliphatic rings. The fraction of sp³-hybridized carbons (Fsp3) is 0.600. The van der Waals surface area contributed by atoms with Gasteiger partial charge in [-0.1, -0.05) is 65.5 Å². The van der Waals surface area contributed by atoms with E-state index in [0.717, 1.165) is 22.4 Å². The van der Waals surface area contributed by atoms with Crippen LogP contribution in [0.25, 0.3) is 0 Å². The number of benzene rings is 1. The van der Waals surface area contributed by atoms with Crippen molar-refractivity contribution in [2.45, 2.75) is 39.0 Å². The van der Waals surface area contributed by atoms with Gasteiger partial charge in [-0.25, -0.2) is 0 Å². The van der Waals surface area contributed by atoms with E-state index in [2.05, 4.69) is 73.8 Å². The van der Waals surface area contributed by atoms with Gasteiger partial charge in [0.1, 0.15) is 0 Å². The van der Waals surface area contributed by atoms with Crippen LogP contribution in [0.1, 0.15) is 41.0 Å². The van der Waals surface area contributed by atoms with Gasteiger partial charge in [0.15, 0.2) is 0 Å². The maximum absolute atomic E-state index is 3.59. The summed E-state index contributed by atoms with van der Waals surface area (Å²) >= 11 is 10.8. The summed E-state index contributed by atoms with van der Waals surface area (Å²) in [7, 11) is 0. The quantitative estimate of drug-likeness (QED) is 0.463. The van der Waals surface area contributed by atoms with E-state index >= 15 is 0 Å². The fourth-order valence-corrected chi connectivity index (χ4v) is 4.05. The van der Waals surface area contributed by atoms with E-state index in [0.29, 0.717) is 5.92 Å². The largest absolute Gasteiger partial charge is 0.0928 e. The van der Waals surface area contributed by atoms with Gasteiger partial charge >= 0.3 is 0 Å². The standard InChI is InChI=1S/C15H21Br3/c1-11-9-12(2)14(5-8-18)15(10-11)13(3-6-16)4-7-17/h9-10,13H,3-8H2,1-2H3. The van der Waals surface area contributed by atoms with Gasteiger partial charge in [0.05, 0.1) is 0 Å². The molecule has 0 aromatic heterocycles. The van der Waals surface area contributed by atoms with Crippen molar-refractivity contribution in [1.82, 2.24) is 0 Å². The Morgan fingerprint density at radius 2 is 1.56 bits per heavy atom. The molecule has 0 unspecified atom stereocenters. The molecule has 0 spiro atoms. The molecule has 18 heavy (non-hydrogen) atoms. The van der Waals surface area contributed by atoms with Crippen LogP contribution < -0.4 is 0 Å². The van der Waals surface area contributed by atoms with E-state index in [1.165, 1.54) is 24.0 Å². The van der Waals surface area contributed by atoms with Crippen LogP contribution in [-0.2, 0) is 6.42 Å². The third kappa shape index (κ3) is 4.64. The summed E-state index contributed by atoms with van der Waals surface area (Å²) < 4.78 is 0. The number of hydrogen-bond acceptors (Lipinski definition) is 0. The van der Waals surface area contributed by atoms with Crippen molar-refractivity contribution < 1.29 is 0 Å². The summed E-state index contributed by atoms with van der Waals surface area (Å²) in [6.07, 6.45) is 3.55. The Hall–Kier alpha value is 0.660. The number of rotatable bonds is 7. The van der Waals surface area contributed by atoms with Crippen LogP contribution >= 0.6 is 47.8 Å². The molecule has 0 saturated carbocycles. The second-order valence-corrected chi connectivity index (χ2v) is 7.12. The minimum Gasteiger partial charge on any atom is -0.0928 e. The third-order valence-corrected chi connectivity index (χ3v) is 4.66. The van der Waals surface area contributed by atoms with Gasteiger partial charge in [-0.05, 0) is 55.7 Å². The third-order valence-electron chi connectivity index (χ3n) is 3.35. The molecule has 0 N–H and O–H groups in total. The Labute approximate surface area is 136 Å². The van der Waals surface area contributed by atoms with Crippen molar-refractivity contribution in [3.63, 3.8) is 0 Å². The average molecular weight is 441 g/mol. The maximum atomic E-state index is 3.59. The molecule has 0 fully saturated rings. The Balaban J connectivity index is 3.16. The summed E-state index contributed by atoms with van der Waals surface area (Å²) in [5, 5.41) is 3.19. The van der Waals surface area contributed by atoms with Crippen molar-refractivity contribution in [1.29, 1.82) is 0 Å². The van der Waals surface area contributed by atoms with E-state index in [4.69, 9.17) is 0 Å². The molecular weight excluding hydrogens is 420 g/mol. The monoisotopic (exact) mass is 438 g/mol. The van der Waals surface area contributed by atoms with E-state index < -0.39 is 0 Å². The van der Waals surface area contributed by atoms with E-state index in [9.17, 15) is 0 Å². The lowest BCUT2D eigenvalue weighted by Gasteiger charge is -2.21. The highest BCUT2D eigenvalue weighted by molar-refractivity contribution is 9.09. The second kappa shape index (κ2) is 8.76. The zero-order chi connectivity index (χ0) is 13.5. The SMILES string of the molecule is Cc1cc(C)c(CCBr)c(C(CCBr)CCBr)c1. The van der Waals surface area contributed by atoms with Crippen LogP contribution in [0.2, 0.25) is 0 Å². The molecule has 0 aliphatic heterocycles. The molecule has 1 aromatic rings. The van der Waals surface area contributed by atoms with Crippen molar-refractivity contribution in [2.24, 2.45) is 0 Å². The first kappa shape index (κ1) is 16.7. The summed E-state index contributed by atoms with van der Waals surface area (Å²) in [6.45, 7) is 4.45. The first-order valence-electron chi connectivity index (χ1n) is 6.42. The summed E-state index contributed by atoms with van der Waals surface area (Å²) in [5.74, 6) is 0.663. The van der Waals surface area contributed by atoms with Gasteiger partial charge in [-0.15, -0.1) is 0 Å². The molecule has 0 nitrogen and oxygen atoms in total. The van der Waals surface area contributed by atoms with Crippen LogP contribution in [0, 0.1) is 13.8 Å². The van der Waals surface area contributed by atoms with Crippen molar-refractivity contribution in [2.75, 3.05) is 16.0 Å². The molecular formula is C15H21Br3. The number of hydrogen-bond donors (Lipinski definition) is 0. The summed E-state index contributed by atoms with van der Waals surface area (Å²) in [4.78, 5) is 0. The molecule has 0 heterocycles. The lowest BCUT2D eigenvalue weighted by Crippen LogP contribution is -2.08. The van der Waals surface area contributed by atoms with Crippen molar-refractivity contribution >= 4 is 47.8 Å². The lowest BCUT2D eigenvalue weighted by atomic mass is 9.86. The normalized spacial score (nSPS) is 11.2. The Bertz CT molecular complexity index is 368. The van der Waals surface area contributed by atoms with Gasteiger partial charge in [0.2, 0.25) is 0 Å². The minimum absolute atomic E-state index is 0.663. The first-order chi connectivity index (χ1) is 8.63. The highest BCUT2D eigenvalue weighted by atomic mass is 79.9. The molecule has 0 atom stereocenters. The Morgan fingerprint density at radius 3 is 2.06 bits per heavy atom. The molecule has 3 heteroatoms. The van der Waals surface area contributed by atoms with Crippen LogP contribution in [0.5, 0.6) is 0 Å². The predicted molar refractivity (Wildman–Crippen MR) is 93.0 cm³/mol. The number of halogens is 3. The molecule has 0 saturated heterocycles. The summed E-state index contributed by atoms with van der Waals surface area (Å²) in [5.41, 5.74) is 5.93. The highest BCUT2D eigenvalue weighted by Gasteiger charge is 2.16. The van der Waals surface area contributed by atoms with E-state index in [1.54, 1.807) is 11.1 Å². The number of alkyl halides is 3. The zero-order valence-corrected chi connectivity index (χ0v) is 15.9. The molecule has 1 aromatic carbocycles. The van der Waals surface area contributed by atoms with Crippen LogP contribution in [-0.4, -0.2) is 16.0 Å². The number of aryl methyl sites for hydroxylation is 2. The molecule has 0 amide bonds. The fourth-order valence-electron chi connectivity index (χ4n) is 2.55. The predicted octanol–water partition coefficient (Wildman–Crippen LogP) is 5.89. The molecule has 0 aliphatic carbocycles. The topological polar surface area (TPSA) is 0 Å². The highest BCUT2D eigenvalue weighted by Crippen LogP contribution is 2.31. The lowest BCUT2D eigenvalue weighted by molar-refractivity contribution is 0.648. The molecule has 0 radical (unpaired) electrons. The summed E-state index contributed by atoms with van der Waals surface area (Å²) in [6, 6.07) is 4.70. The van der Waals surface area contributed by atoms with E-state index in [1.807, 2.05) is 0 Å². The smallest absolute Gasteiger partial charge is 0.00720 e. The van der Waals surface area contributed by atoms with Gasteiger partial charge in [-0.2, -0.15) is 0 Å². The molecule has 0 bridgehead atoms. The Kier molecular flexibility index (Phi) is 8.13. The van der Waals surface area contributed by atoms with Crippen LogP contribution in [0.4, 0.5) is 0 Å². The van der Waals surface area contributed by atoms with Gasteiger partial charge < -0.3 is 0 Å². The van der Waals surface area contributed by atoms with Gasteiger partial charge in [-0.3, -0.25) is 0 Å². The average Bonchev–Trinajstić information content (AvgIpc) is 2.32. The van der Waals surface area contributed by atoms with Crippen molar-refractivity contribution in [3.05, 3.63) is 34.4 Å². The molecule has 1 rings (SSSR count). The van der Waals surface area contributed by atoms with Crippen LogP contribution in [0.15, 0.2) is 12.1 Å². The van der Waals surface area contributed by atoms with Gasteiger partial charge in [0.25, 0.3) is 0 Å². The maximum Gasteiger partial charge on any atom is 0.00720 e. The molecule has 102 valence electrons. The van der Waals surface area contributed by atoms with Crippen molar-refractivity contribution in [3.8, 4) is 0 Å². The van der Waals surface area contributed by atoms with E-state index in [-0.39, 0.29) is 0 Å². The Morgan fingerprint density at radius 1 is 0.944 bits per heavy atom. The zero-order valence-electron chi connectivity index (χ0n) is 11.1. The van der Waals surface area contributed by atoms with Gasteiger partial charge in [0, 0.05) is 16.0 Å². The minimum atomic E-state index is 0.663. The van der Waals surface area contributed by atoms with Crippen LogP contribution in [0.3, 0.4) is 0 Å².